The molecule has 2 amide bonds. The fourth-order valence-corrected chi connectivity index (χ4v) is 2.48. The first kappa shape index (κ1) is 14.5. The van der Waals surface area contributed by atoms with Gasteiger partial charge in [-0.05, 0) is 19.9 Å². The molecule has 0 aromatic carbocycles. The summed E-state index contributed by atoms with van der Waals surface area (Å²) >= 11 is 1.63. The molecular weight excluding hydrogens is 274 g/mol. The normalized spacial score (nSPS) is 12.1. The molecule has 0 saturated carbocycles. The Kier molecular flexibility index (Phi) is 5.11. The van der Waals surface area contributed by atoms with Crippen LogP contribution in [0.15, 0.2) is 23.8 Å². The number of amides is 2. The Labute approximate surface area is 122 Å². The zero-order valence-electron chi connectivity index (χ0n) is 11.7. The zero-order chi connectivity index (χ0) is 14.4. The highest BCUT2D eigenvalue weighted by Crippen LogP contribution is 2.07. The molecule has 108 valence electrons. The molecule has 0 aliphatic carbocycles. The van der Waals surface area contributed by atoms with E-state index >= 15 is 0 Å². The van der Waals surface area contributed by atoms with Crippen LogP contribution in [0, 0.1) is 6.92 Å². The third kappa shape index (κ3) is 4.65. The van der Waals surface area contributed by atoms with Gasteiger partial charge in [0.25, 0.3) is 0 Å². The number of thiazole rings is 1. The van der Waals surface area contributed by atoms with Crippen LogP contribution < -0.4 is 10.6 Å². The van der Waals surface area contributed by atoms with E-state index in [1.807, 2.05) is 31.5 Å². The predicted molar refractivity (Wildman–Crippen MR) is 78.8 cm³/mol. The van der Waals surface area contributed by atoms with Gasteiger partial charge < -0.3 is 10.6 Å². The summed E-state index contributed by atoms with van der Waals surface area (Å²) in [5.74, 6) is 0. The Bertz CT molecular complexity index is 537. The quantitative estimate of drug-likeness (QED) is 0.849. The van der Waals surface area contributed by atoms with Crippen molar-refractivity contribution in [2.24, 2.45) is 0 Å². The number of aromatic nitrogens is 3. The van der Waals surface area contributed by atoms with Crippen molar-refractivity contribution >= 4 is 17.4 Å². The number of carbonyl (C=O) groups is 1. The van der Waals surface area contributed by atoms with E-state index in [-0.39, 0.29) is 12.1 Å². The number of hydrogen-bond donors (Lipinski definition) is 2. The topological polar surface area (TPSA) is 71.8 Å². The summed E-state index contributed by atoms with van der Waals surface area (Å²) in [5, 5.41) is 12.9. The Morgan fingerprint density at radius 2 is 2.40 bits per heavy atom. The molecule has 2 N–H and O–H groups in total. The molecule has 2 aromatic heterocycles. The van der Waals surface area contributed by atoms with Gasteiger partial charge in [0.1, 0.15) is 0 Å². The number of nitrogens with one attached hydrogen (secondary N) is 2. The van der Waals surface area contributed by atoms with E-state index in [2.05, 4.69) is 20.7 Å². The molecule has 6 nitrogen and oxygen atoms in total. The van der Waals surface area contributed by atoms with Crippen molar-refractivity contribution < 1.29 is 4.79 Å². The van der Waals surface area contributed by atoms with Gasteiger partial charge >= 0.3 is 6.03 Å². The largest absolute Gasteiger partial charge is 0.338 e. The smallest absolute Gasteiger partial charge is 0.315 e. The molecule has 0 bridgehead atoms. The molecule has 0 fully saturated rings. The van der Waals surface area contributed by atoms with Gasteiger partial charge in [0.05, 0.1) is 17.2 Å². The first-order valence-corrected chi connectivity index (χ1v) is 7.44. The van der Waals surface area contributed by atoms with Crippen LogP contribution in [-0.4, -0.2) is 33.4 Å². The van der Waals surface area contributed by atoms with Crippen molar-refractivity contribution in [2.75, 3.05) is 6.54 Å². The molecule has 7 heteroatoms. The van der Waals surface area contributed by atoms with Crippen molar-refractivity contribution in [1.29, 1.82) is 0 Å². The van der Waals surface area contributed by atoms with Crippen molar-refractivity contribution in [3.63, 3.8) is 0 Å². The lowest BCUT2D eigenvalue weighted by molar-refractivity contribution is 0.236. The summed E-state index contributed by atoms with van der Waals surface area (Å²) in [4.78, 5) is 16.1. The summed E-state index contributed by atoms with van der Waals surface area (Å²) < 4.78 is 1.79. The second kappa shape index (κ2) is 7.04. The summed E-state index contributed by atoms with van der Waals surface area (Å²) in [7, 11) is 0. The summed E-state index contributed by atoms with van der Waals surface area (Å²) in [6.07, 6.45) is 4.36. The molecule has 0 spiro atoms. The second-order valence-corrected chi connectivity index (χ2v) is 5.70. The van der Waals surface area contributed by atoms with Gasteiger partial charge in [-0.2, -0.15) is 5.10 Å². The van der Waals surface area contributed by atoms with Crippen LogP contribution in [0.4, 0.5) is 4.79 Å². The van der Waals surface area contributed by atoms with Gasteiger partial charge in [0.2, 0.25) is 0 Å². The van der Waals surface area contributed by atoms with Crippen LogP contribution in [-0.2, 0) is 13.0 Å². The average molecular weight is 293 g/mol. The Morgan fingerprint density at radius 3 is 3.05 bits per heavy atom. The fourth-order valence-electron chi connectivity index (χ4n) is 1.84. The molecule has 2 aromatic rings. The number of nitrogens with zero attached hydrogens (tertiary/aromatic N) is 3. The summed E-state index contributed by atoms with van der Waals surface area (Å²) in [6.45, 7) is 5.17. The third-order valence-electron chi connectivity index (χ3n) is 2.73. The maximum Gasteiger partial charge on any atom is 0.315 e. The molecule has 0 aliphatic rings. The van der Waals surface area contributed by atoms with Gasteiger partial charge in [0, 0.05) is 36.8 Å². The van der Waals surface area contributed by atoms with Crippen LogP contribution in [0.3, 0.4) is 0 Å². The van der Waals surface area contributed by atoms with Crippen molar-refractivity contribution in [2.45, 2.75) is 32.9 Å². The standard InChI is InChI=1S/C13H19N5OS/c1-10(8-18-7-3-5-15-18)16-13(19)14-6-4-12-9-20-11(2)17-12/h3,5,7,9-10H,4,6,8H2,1-2H3,(H2,14,16,19)/t10-/m1/s1. The Balaban J connectivity index is 1.64. The SMILES string of the molecule is Cc1nc(CCNC(=O)N[C@H](C)Cn2cccn2)cs1. The highest BCUT2D eigenvalue weighted by Gasteiger charge is 2.07. The monoisotopic (exact) mass is 293 g/mol. The van der Waals surface area contributed by atoms with E-state index < -0.39 is 0 Å². The minimum absolute atomic E-state index is 0.0245. The maximum absolute atomic E-state index is 11.7. The number of rotatable bonds is 6. The van der Waals surface area contributed by atoms with E-state index in [1.54, 1.807) is 22.2 Å². The van der Waals surface area contributed by atoms with Crippen LogP contribution in [0.1, 0.15) is 17.6 Å². The molecular formula is C13H19N5OS. The van der Waals surface area contributed by atoms with Crippen LogP contribution in [0.2, 0.25) is 0 Å². The Morgan fingerprint density at radius 1 is 1.55 bits per heavy atom. The molecule has 2 rings (SSSR count). The fraction of sp³-hybridized carbons (Fsp3) is 0.462. The average Bonchev–Trinajstić information content (AvgIpc) is 3.01. The lowest BCUT2D eigenvalue weighted by Gasteiger charge is -2.14. The zero-order valence-corrected chi connectivity index (χ0v) is 12.5. The van der Waals surface area contributed by atoms with Crippen LogP contribution in [0.5, 0.6) is 0 Å². The highest BCUT2D eigenvalue weighted by atomic mass is 32.1. The third-order valence-corrected chi connectivity index (χ3v) is 3.55. The summed E-state index contributed by atoms with van der Waals surface area (Å²) in [6, 6.07) is 1.73. The van der Waals surface area contributed by atoms with Crippen LogP contribution >= 0.6 is 11.3 Å². The van der Waals surface area contributed by atoms with Crippen molar-refractivity contribution in [3.8, 4) is 0 Å². The van der Waals surface area contributed by atoms with Gasteiger partial charge in [-0.1, -0.05) is 0 Å². The number of hydrogen-bond acceptors (Lipinski definition) is 4. The number of aryl methyl sites for hydroxylation is 1. The van der Waals surface area contributed by atoms with Gasteiger partial charge in [-0.25, -0.2) is 9.78 Å². The van der Waals surface area contributed by atoms with Crippen molar-refractivity contribution in [1.82, 2.24) is 25.4 Å². The lowest BCUT2D eigenvalue weighted by atomic mass is 10.3. The molecule has 0 radical (unpaired) electrons. The minimum atomic E-state index is -0.156. The molecule has 0 aliphatic heterocycles. The molecule has 2 heterocycles. The maximum atomic E-state index is 11.7. The van der Waals surface area contributed by atoms with Crippen molar-refractivity contribution in [3.05, 3.63) is 34.5 Å². The highest BCUT2D eigenvalue weighted by molar-refractivity contribution is 7.09. The first-order valence-electron chi connectivity index (χ1n) is 6.56. The summed E-state index contributed by atoms with van der Waals surface area (Å²) in [5.41, 5.74) is 1.03. The van der Waals surface area contributed by atoms with E-state index in [1.165, 1.54) is 0 Å². The van der Waals surface area contributed by atoms with Gasteiger partial charge in [-0.15, -0.1) is 11.3 Å². The van der Waals surface area contributed by atoms with Gasteiger partial charge in [0.15, 0.2) is 0 Å². The lowest BCUT2D eigenvalue weighted by Crippen LogP contribution is -2.43. The van der Waals surface area contributed by atoms with E-state index in [9.17, 15) is 4.79 Å². The van der Waals surface area contributed by atoms with Gasteiger partial charge in [-0.3, -0.25) is 4.68 Å². The molecule has 0 saturated heterocycles. The minimum Gasteiger partial charge on any atom is -0.338 e. The molecule has 1 atom stereocenters. The predicted octanol–water partition coefficient (Wildman–Crippen LogP) is 1.58. The number of carbonyl (C=O) groups excluding carboxylic acids is 1. The second-order valence-electron chi connectivity index (χ2n) is 4.64. The molecule has 20 heavy (non-hydrogen) atoms. The van der Waals surface area contributed by atoms with Crippen LogP contribution in [0.25, 0.3) is 0 Å². The van der Waals surface area contributed by atoms with E-state index in [4.69, 9.17) is 0 Å². The Hall–Kier alpha value is -1.89. The molecule has 0 unspecified atom stereocenters. The first-order chi connectivity index (χ1) is 9.63. The number of urea groups is 1. The van der Waals surface area contributed by atoms with E-state index in [0.29, 0.717) is 13.1 Å². The van der Waals surface area contributed by atoms with E-state index in [0.717, 1.165) is 17.1 Å².